The van der Waals surface area contributed by atoms with E-state index >= 15 is 0 Å². The molecule has 3 heterocycles. The summed E-state index contributed by atoms with van der Waals surface area (Å²) in [5, 5.41) is 23.1. The molecule has 0 aliphatic carbocycles. The van der Waals surface area contributed by atoms with E-state index in [9.17, 15) is 33.9 Å². The first-order valence-corrected chi connectivity index (χ1v) is 19.9. The Bertz CT molecular complexity index is 2200. The van der Waals surface area contributed by atoms with Gasteiger partial charge in [-0.05, 0) is 51.4 Å². The van der Waals surface area contributed by atoms with E-state index in [0.717, 1.165) is 27.1 Å². The maximum absolute atomic E-state index is 14.7. The number of anilines is 1. The van der Waals surface area contributed by atoms with Gasteiger partial charge in [-0.15, -0.1) is 11.3 Å². The molecule has 0 radical (unpaired) electrons. The molecule has 4 unspecified atom stereocenters. The van der Waals surface area contributed by atoms with Crippen LogP contribution in [-0.2, 0) is 54.5 Å². The third-order valence-corrected chi connectivity index (χ3v) is 10.9. The van der Waals surface area contributed by atoms with Crippen LogP contribution in [-0.4, -0.2) is 76.7 Å². The number of aliphatic carboxylic acids is 1. The minimum Gasteiger partial charge on any atom is -0.480 e. The minimum atomic E-state index is -1.35. The van der Waals surface area contributed by atoms with Gasteiger partial charge in [0.1, 0.15) is 24.2 Å². The molecule has 4 aromatic carbocycles. The van der Waals surface area contributed by atoms with Gasteiger partial charge in [0.25, 0.3) is 0 Å². The molecule has 2 aliphatic heterocycles. The van der Waals surface area contributed by atoms with Crippen LogP contribution in [0.4, 0.5) is 5.69 Å². The quantitative estimate of drug-likeness (QED) is 0.141. The number of benzene rings is 4. The van der Waals surface area contributed by atoms with Crippen molar-refractivity contribution in [2.45, 2.75) is 62.7 Å². The van der Waals surface area contributed by atoms with E-state index in [1.165, 1.54) is 23.3 Å². The molecule has 0 spiro atoms. The second-order valence-electron chi connectivity index (χ2n) is 14.2. The summed E-state index contributed by atoms with van der Waals surface area (Å²) in [5.74, 6) is -4.14. The molecule has 7 rings (SSSR count). The molecule has 5 aromatic rings. The van der Waals surface area contributed by atoms with E-state index in [0.29, 0.717) is 11.3 Å². The monoisotopic (exact) mass is 799 g/mol. The molecule has 13 heteroatoms. The van der Waals surface area contributed by atoms with Gasteiger partial charge in [0, 0.05) is 56.1 Å². The number of amides is 5. The third kappa shape index (κ3) is 11.3. The minimum absolute atomic E-state index is 0.0388. The first-order chi connectivity index (χ1) is 28.0. The number of nitrogens with zero attached hydrogens (tertiary/aromatic N) is 1. The van der Waals surface area contributed by atoms with Crippen LogP contribution in [0.15, 0.2) is 127 Å². The molecule has 5 amide bonds. The summed E-state index contributed by atoms with van der Waals surface area (Å²) in [6.45, 7) is 0. The Labute approximate surface area is 340 Å². The van der Waals surface area contributed by atoms with Gasteiger partial charge in [0.2, 0.25) is 29.5 Å². The fourth-order valence-corrected chi connectivity index (χ4v) is 7.55. The van der Waals surface area contributed by atoms with Crippen LogP contribution >= 0.6 is 11.3 Å². The van der Waals surface area contributed by atoms with Gasteiger partial charge in [-0.1, -0.05) is 103 Å². The number of rotatable bonds is 8. The van der Waals surface area contributed by atoms with E-state index in [4.69, 9.17) is 0 Å². The lowest BCUT2D eigenvalue weighted by Crippen LogP contribution is -2.59. The Morgan fingerprint density at radius 3 is 1.95 bits per heavy atom. The highest BCUT2D eigenvalue weighted by Gasteiger charge is 2.36. The first-order valence-electron chi connectivity index (χ1n) is 19.0. The zero-order valence-electron chi connectivity index (χ0n) is 31.9. The number of fused-ring (bicyclic) bond motifs is 18. The average Bonchev–Trinajstić information content (AvgIpc) is 3.75. The van der Waals surface area contributed by atoms with Crippen molar-refractivity contribution in [2.75, 3.05) is 12.4 Å². The highest BCUT2D eigenvalue weighted by molar-refractivity contribution is 7.09. The molecule has 298 valence electrons. The summed E-state index contributed by atoms with van der Waals surface area (Å²) < 4.78 is 0. The number of carbonyl (C=O) groups excluding carboxylic acids is 5. The Hall–Kier alpha value is -6.60. The van der Waals surface area contributed by atoms with E-state index in [-0.39, 0.29) is 38.5 Å². The second kappa shape index (κ2) is 19.5. The van der Waals surface area contributed by atoms with Crippen LogP contribution in [0, 0.1) is 0 Å². The van der Waals surface area contributed by atoms with Crippen LogP contribution in [0.25, 0.3) is 11.1 Å². The maximum atomic E-state index is 14.7. The van der Waals surface area contributed by atoms with Crippen LogP contribution in [0.2, 0.25) is 0 Å². The van der Waals surface area contributed by atoms with E-state index in [2.05, 4.69) is 21.3 Å². The number of carbonyl (C=O) groups is 6. The van der Waals surface area contributed by atoms with Gasteiger partial charge >= 0.3 is 5.97 Å². The number of likely N-dealkylation sites (N-methyl/N-ethyl adjacent to an activating group) is 1. The zero-order chi connectivity index (χ0) is 41.0. The molecule has 0 fully saturated rings. The molecular formula is C45H45N5O7S. The van der Waals surface area contributed by atoms with E-state index in [1.54, 1.807) is 36.4 Å². The summed E-state index contributed by atoms with van der Waals surface area (Å²) in [7, 11) is 1.46. The molecular weight excluding hydrogens is 755 g/mol. The van der Waals surface area contributed by atoms with E-state index in [1.807, 2.05) is 90.3 Å². The largest absolute Gasteiger partial charge is 0.480 e. The van der Waals surface area contributed by atoms with Crippen LogP contribution in [0.5, 0.6) is 0 Å². The van der Waals surface area contributed by atoms with Crippen molar-refractivity contribution in [2.24, 2.45) is 0 Å². The van der Waals surface area contributed by atoms with E-state index < -0.39 is 59.7 Å². The molecule has 2 bridgehead atoms. The summed E-state index contributed by atoms with van der Waals surface area (Å²) in [6, 6.07) is 31.8. The van der Waals surface area contributed by atoms with Crippen LogP contribution in [0.1, 0.15) is 34.4 Å². The Kier molecular flexibility index (Phi) is 13.8. The van der Waals surface area contributed by atoms with Crippen LogP contribution in [0.3, 0.4) is 0 Å². The first kappa shape index (κ1) is 41.0. The number of carboxylic acid groups (broad SMARTS) is 1. The van der Waals surface area contributed by atoms with Gasteiger partial charge in [0.05, 0.1) is 0 Å². The number of carboxylic acids is 1. The van der Waals surface area contributed by atoms with Crippen molar-refractivity contribution in [1.29, 1.82) is 0 Å². The Morgan fingerprint density at radius 2 is 1.29 bits per heavy atom. The van der Waals surface area contributed by atoms with Crippen molar-refractivity contribution in [3.8, 4) is 11.1 Å². The standard InChI is InChI=1S/C45H45N5O7S/c1-50-39(27-29-9-4-2-5-10-29)43(54)49-38(45(56)57)26-31-16-20-34(21-17-31)46-40(51)22-23-41(52)47-36(28-35-13-8-24-58-35)42(53)48-37(44(50)55)25-30-14-18-33(19-15-30)32-11-6-3-7-12-32/h2-21,24,36-39H,22-23,25-28H2,1H3,(H,46,51)(H,47,52)(H,48,53)(H,49,54)(H,56,57). The van der Waals surface area contributed by atoms with Crippen molar-refractivity contribution < 1.29 is 33.9 Å². The molecule has 1 aromatic heterocycles. The van der Waals surface area contributed by atoms with Gasteiger partial charge in [0.15, 0.2) is 0 Å². The second-order valence-corrected chi connectivity index (χ2v) is 15.3. The predicted octanol–water partition coefficient (Wildman–Crippen LogP) is 4.78. The lowest BCUT2D eigenvalue weighted by Gasteiger charge is -2.32. The summed E-state index contributed by atoms with van der Waals surface area (Å²) in [5.41, 5.74) is 4.44. The van der Waals surface area contributed by atoms with Gasteiger partial charge in [-0.3, -0.25) is 24.0 Å². The van der Waals surface area contributed by atoms with Crippen molar-refractivity contribution in [3.63, 3.8) is 0 Å². The predicted molar refractivity (Wildman–Crippen MR) is 222 cm³/mol. The molecule has 4 atom stereocenters. The van der Waals surface area contributed by atoms with Gasteiger partial charge in [-0.2, -0.15) is 0 Å². The number of nitrogens with one attached hydrogen (secondary N) is 4. The fourth-order valence-electron chi connectivity index (χ4n) is 6.80. The number of thiophene rings is 1. The molecule has 2 aliphatic rings. The van der Waals surface area contributed by atoms with Crippen molar-refractivity contribution in [1.82, 2.24) is 20.9 Å². The lowest BCUT2D eigenvalue weighted by atomic mass is 9.98. The highest BCUT2D eigenvalue weighted by atomic mass is 32.1. The lowest BCUT2D eigenvalue weighted by molar-refractivity contribution is -0.145. The molecule has 12 nitrogen and oxygen atoms in total. The zero-order valence-corrected chi connectivity index (χ0v) is 32.7. The summed E-state index contributed by atoms with van der Waals surface area (Å²) >= 11 is 1.41. The fraction of sp³-hybridized carbons (Fsp3) is 0.244. The SMILES string of the molecule is CN1C(=O)C(Cc2ccc(-c3ccccc3)cc2)NC(=O)C(Cc2cccs2)NC(=O)CCC(=O)Nc2ccc(cc2)CC(C(=O)O)NC(=O)C1Cc1ccccc1. The molecule has 58 heavy (non-hydrogen) atoms. The number of hydrogen-bond donors (Lipinski definition) is 5. The van der Waals surface area contributed by atoms with Gasteiger partial charge < -0.3 is 31.3 Å². The Balaban J connectivity index is 1.37. The topological polar surface area (TPSA) is 174 Å². The maximum Gasteiger partial charge on any atom is 0.326 e. The average molecular weight is 800 g/mol. The smallest absolute Gasteiger partial charge is 0.326 e. The summed E-state index contributed by atoms with van der Waals surface area (Å²) in [4.78, 5) is 83.9. The summed E-state index contributed by atoms with van der Waals surface area (Å²) in [6.07, 6.45) is -0.218. The number of hydrogen-bond acceptors (Lipinski definition) is 7. The Morgan fingerprint density at radius 1 is 0.655 bits per heavy atom. The van der Waals surface area contributed by atoms with Crippen molar-refractivity contribution in [3.05, 3.63) is 148 Å². The molecule has 0 saturated heterocycles. The third-order valence-electron chi connectivity index (χ3n) is 10.0. The molecule has 5 N–H and O–H groups in total. The van der Waals surface area contributed by atoms with Crippen LogP contribution < -0.4 is 21.3 Å². The van der Waals surface area contributed by atoms with Crippen molar-refractivity contribution >= 4 is 52.5 Å². The normalized spacial score (nSPS) is 19.9. The van der Waals surface area contributed by atoms with Gasteiger partial charge in [-0.25, -0.2) is 4.79 Å². The highest BCUT2D eigenvalue weighted by Crippen LogP contribution is 2.21. The molecule has 0 saturated carbocycles.